The summed E-state index contributed by atoms with van der Waals surface area (Å²) in [6, 6.07) is 2.79. The Bertz CT molecular complexity index is 851. The minimum atomic E-state index is -4.09. The van der Waals surface area contributed by atoms with E-state index >= 15 is 0 Å². The van der Waals surface area contributed by atoms with Crippen LogP contribution in [0.3, 0.4) is 0 Å². The van der Waals surface area contributed by atoms with E-state index in [9.17, 15) is 12.8 Å². The molecule has 5 N–H and O–H groups in total. The fourth-order valence-electron chi connectivity index (χ4n) is 2.43. The number of anilines is 2. The van der Waals surface area contributed by atoms with Crippen LogP contribution in [0.15, 0.2) is 27.8 Å². The van der Waals surface area contributed by atoms with Crippen LogP contribution < -0.4 is 21.1 Å². The lowest BCUT2D eigenvalue weighted by Crippen LogP contribution is -2.29. The summed E-state index contributed by atoms with van der Waals surface area (Å²) < 4.78 is 45.5. The van der Waals surface area contributed by atoms with Gasteiger partial charge in [0, 0.05) is 28.6 Å². The second-order valence-electron chi connectivity index (χ2n) is 6.18. The molecule has 2 rings (SSSR count). The molecule has 0 saturated heterocycles. The summed E-state index contributed by atoms with van der Waals surface area (Å²) in [7, 11) is -4.09. The summed E-state index contributed by atoms with van der Waals surface area (Å²) in [4.78, 5) is 3.28. The van der Waals surface area contributed by atoms with Gasteiger partial charge in [0.25, 0.3) is 10.0 Å². The zero-order chi connectivity index (χ0) is 20.6. The fourth-order valence-corrected chi connectivity index (χ4v) is 4.81. The van der Waals surface area contributed by atoms with Crippen molar-refractivity contribution in [3.8, 4) is 0 Å². The summed E-state index contributed by atoms with van der Waals surface area (Å²) in [6.45, 7) is 4.28. The van der Waals surface area contributed by atoms with E-state index in [1.54, 1.807) is 0 Å². The molecule has 1 atom stereocenters. The molecule has 0 aliphatic heterocycles. The third-order valence-corrected chi connectivity index (χ3v) is 6.62. The highest BCUT2D eigenvalue weighted by Crippen LogP contribution is 2.29. The number of benzene rings is 1. The number of sulfonamides is 1. The second kappa shape index (κ2) is 11.0. The first-order valence-electron chi connectivity index (χ1n) is 8.79. The van der Waals surface area contributed by atoms with E-state index in [1.807, 2.05) is 0 Å². The summed E-state index contributed by atoms with van der Waals surface area (Å²) in [5.41, 5.74) is 6.01. The molecule has 0 unspecified atom stereocenters. The molecule has 156 valence electrons. The van der Waals surface area contributed by atoms with Gasteiger partial charge in [-0.15, -0.1) is 0 Å². The first-order valence-corrected chi connectivity index (χ1v) is 11.8. The Morgan fingerprint density at radius 2 is 2.07 bits per heavy atom. The van der Waals surface area contributed by atoms with Crippen molar-refractivity contribution in [1.82, 2.24) is 14.7 Å². The van der Waals surface area contributed by atoms with Crippen molar-refractivity contribution in [3.05, 3.63) is 28.7 Å². The van der Waals surface area contributed by atoms with Crippen LogP contribution in [-0.4, -0.2) is 43.5 Å². The number of hydrogen-bond acceptors (Lipinski definition) is 8. The first kappa shape index (κ1) is 22.9. The number of halogens is 2. The van der Waals surface area contributed by atoms with E-state index in [-0.39, 0.29) is 5.13 Å². The Morgan fingerprint density at radius 3 is 2.75 bits per heavy atom. The van der Waals surface area contributed by atoms with Gasteiger partial charge in [-0.3, -0.25) is 4.72 Å². The van der Waals surface area contributed by atoms with Crippen molar-refractivity contribution in [1.29, 1.82) is 0 Å². The number of hydrogen-bond donors (Lipinski definition) is 4. The van der Waals surface area contributed by atoms with Gasteiger partial charge in [0.2, 0.25) is 5.13 Å². The third kappa shape index (κ3) is 6.92. The van der Waals surface area contributed by atoms with Crippen molar-refractivity contribution in [2.75, 3.05) is 29.7 Å². The SMILES string of the molecule is C[C@H](CCN)NCCCCNc1cc(F)c(S(=O)(=O)Nc2ncns2)cc1Br. The summed E-state index contributed by atoms with van der Waals surface area (Å²) in [5.74, 6) is -0.847. The van der Waals surface area contributed by atoms with Crippen molar-refractivity contribution in [3.63, 3.8) is 0 Å². The van der Waals surface area contributed by atoms with Gasteiger partial charge >= 0.3 is 0 Å². The number of aromatic nitrogens is 2. The number of nitrogens with two attached hydrogens (primary N) is 1. The van der Waals surface area contributed by atoms with Gasteiger partial charge in [0.1, 0.15) is 17.0 Å². The first-order chi connectivity index (χ1) is 13.3. The molecule has 0 aliphatic rings. The van der Waals surface area contributed by atoms with Gasteiger partial charge in [0.05, 0.1) is 5.69 Å². The maximum absolute atomic E-state index is 14.4. The average molecular weight is 495 g/mol. The molecule has 1 heterocycles. The molecular formula is C16H24BrFN6O2S2. The van der Waals surface area contributed by atoms with Crippen molar-refractivity contribution < 1.29 is 12.8 Å². The van der Waals surface area contributed by atoms with Gasteiger partial charge in [-0.2, -0.15) is 4.37 Å². The van der Waals surface area contributed by atoms with Crippen LogP contribution in [0.25, 0.3) is 0 Å². The fraction of sp³-hybridized carbons (Fsp3) is 0.500. The van der Waals surface area contributed by atoms with Gasteiger partial charge in [-0.05, 0) is 67.3 Å². The van der Waals surface area contributed by atoms with Crippen LogP contribution in [0.4, 0.5) is 15.2 Å². The van der Waals surface area contributed by atoms with Crippen LogP contribution in [0, 0.1) is 5.82 Å². The van der Waals surface area contributed by atoms with E-state index < -0.39 is 20.7 Å². The molecule has 0 amide bonds. The molecule has 1 aromatic carbocycles. The minimum absolute atomic E-state index is 0.0760. The van der Waals surface area contributed by atoms with Crippen LogP contribution >= 0.6 is 27.5 Å². The predicted molar refractivity (Wildman–Crippen MR) is 114 cm³/mol. The molecule has 8 nitrogen and oxygen atoms in total. The third-order valence-electron chi connectivity index (χ3n) is 3.91. The smallest absolute Gasteiger partial charge is 0.266 e. The lowest BCUT2D eigenvalue weighted by Gasteiger charge is -2.14. The minimum Gasteiger partial charge on any atom is -0.384 e. The molecule has 0 bridgehead atoms. The molecule has 0 aliphatic carbocycles. The molecule has 2 aromatic rings. The molecule has 0 saturated carbocycles. The number of nitrogens with one attached hydrogen (secondary N) is 3. The number of unbranched alkanes of at least 4 members (excludes halogenated alkanes) is 1. The van der Waals surface area contributed by atoms with Crippen LogP contribution in [-0.2, 0) is 10.0 Å². The van der Waals surface area contributed by atoms with Crippen molar-refractivity contribution >= 4 is 48.3 Å². The highest BCUT2D eigenvalue weighted by molar-refractivity contribution is 9.10. The van der Waals surface area contributed by atoms with Gasteiger partial charge < -0.3 is 16.4 Å². The van der Waals surface area contributed by atoms with E-state index in [1.165, 1.54) is 18.5 Å². The molecule has 28 heavy (non-hydrogen) atoms. The highest BCUT2D eigenvalue weighted by Gasteiger charge is 2.22. The highest BCUT2D eigenvalue weighted by atomic mass is 79.9. The quantitative estimate of drug-likeness (QED) is 0.334. The maximum atomic E-state index is 14.4. The molecular weight excluding hydrogens is 471 g/mol. The van der Waals surface area contributed by atoms with Crippen LogP contribution in [0.2, 0.25) is 0 Å². The standard InChI is InChI=1S/C16H24BrFN6O2S2/c1-11(4-5-19)20-6-2-3-7-21-14-9-13(18)15(8-12(14)17)28(25,26)24-16-22-10-23-27-16/h8-11,20-21H,2-7,19H2,1H3,(H,22,23,24)/t11-/m1/s1. The van der Waals surface area contributed by atoms with E-state index in [4.69, 9.17) is 5.73 Å². The number of nitrogens with zero attached hydrogens (tertiary/aromatic N) is 2. The molecule has 1 aromatic heterocycles. The monoisotopic (exact) mass is 494 g/mol. The lowest BCUT2D eigenvalue weighted by molar-refractivity contribution is 0.507. The Kier molecular flexibility index (Phi) is 9.02. The van der Waals surface area contributed by atoms with E-state index in [0.29, 0.717) is 29.3 Å². The Labute approximate surface area is 176 Å². The molecule has 0 spiro atoms. The normalized spacial score (nSPS) is 12.7. The second-order valence-corrected chi connectivity index (χ2v) is 9.47. The Balaban J connectivity index is 1.89. The van der Waals surface area contributed by atoms with E-state index in [0.717, 1.165) is 37.3 Å². The maximum Gasteiger partial charge on any atom is 0.266 e. The van der Waals surface area contributed by atoms with Crippen molar-refractivity contribution in [2.45, 2.75) is 37.1 Å². The zero-order valence-corrected chi connectivity index (χ0v) is 18.6. The lowest BCUT2D eigenvalue weighted by atomic mass is 10.2. The predicted octanol–water partition coefficient (Wildman–Crippen LogP) is 2.76. The molecule has 12 heteroatoms. The van der Waals surface area contributed by atoms with Gasteiger partial charge in [-0.1, -0.05) is 0 Å². The van der Waals surface area contributed by atoms with Crippen LogP contribution in [0.1, 0.15) is 26.2 Å². The Hall–Kier alpha value is -1.34. The largest absolute Gasteiger partial charge is 0.384 e. The van der Waals surface area contributed by atoms with Crippen molar-refractivity contribution in [2.24, 2.45) is 5.73 Å². The summed E-state index contributed by atoms with van der Waals surface area (Å²) in [6.07, 6.45) is 4.00. The topological polar surface area (TPSA) is 122 Å². The van der Waals surface area contributed by atoms with Crippen LogP contribution in [0.5, 0.6) is 0 Å². The average Bonchev–Trinajstić information content (AvgIpc) is 3.12. The van der Waals surface area contributed by atoms with Gasteiger partial charge in [-0.25, -0.2) is 17.8 Å². The summed E-state index contributed by atoms with van der Waals surface area (Å²) in [5, 5.41) is 6.58. The van der Waals surface area contributed by atoms with E-state index in [2.05, 4.69) is 47.6 Å². The zero-order valence-electron chi connectivity index (χ0n) is 15.4. The molecule has 0 radical (unpaired) electrons. The number of rotatable bonds is 12. The summed E-state index contributed by atoms with van der Waals surface area (Å²) >= 11 is 4.17. The molecule has 0 fully saturated rings. The Morgan fingerprint density at radius 1 is 1.32 bits per heavy atom. The van der Waals surface area contributed by atoms with Gasteiger partial charge in [0.15, 0.2) is 0 Å².